The average Bonchev–Trinajstić information content (AvgIpc) is 2.83. The molecule has 0 atom stereocenters. The second kappa shape index (κ2) is 10.5. The van der Waals surface area contributed by atoms with Crippen molar-refractivity contribution in [2.75, 3.05) is 36.4 Å². The molecule has 0 radical (unpaired) electrons. The number of rotatable bonds is 7. The molecule has 4 rings (SSSR count). The van der Waals surface area contributed by atoms with E-state index in [0.29, 0.717) is 23.0 Å². The summed E-state index contributed by atoms with van der Waals surface area (Å²) in [6.07, 6.45) is 0. The normalized spacial score (nSPS) is 14.6. The molecule has 0 unspecified atom stereocenters. The monoisotopic (exact) mass is 481 g/mol. The van der Waals surface area contributed by atoms with Gasteiger partial charge in [-0.3, -0.25) is 9.69 Å². The second-order valence-corrected chi connectivity index (χ2v) is 9.36. The molecule has 0 bridgehead atoms. The number of ether oxygens (including phenoxy) is 1. The first-order valence-electron chi connectivity index (χ1n) is 11.4. The molecule has 178 valence electrons. The molecule has 1 amide bonds. The minimum Gasteiger partial charge on any atom is -0.478 e. The van der Waals surface area contributed by atoms with Gasteiger partial charge in [0.1, 0.15) is 11.6 Å². The van der Waals surface area contributed by atoms with Crippen molar-refractivity contribution in [2.45, 2.75) is 26.0 Å². The Kier molecular flexibility index (Phi) is 7.39. The summed E-state index contributed by atoms with van der Waals surface area (Å²) >= 11 is 5.91. The topological polar surface area (TPSA) is 44.8 Å². The molecular formula is C27H29ClFN3O2. The zero-order valence-corrected chi connectivity index (χ0v) is 20.2. The maximum atomic E-state index is 13.9. The number of hydrogen-bond donors (Lipinski definition) is 1. The van der Waals surface area contributed by atoms with E-state index in [1.165, 1.54) is 6.07 Å². The van der Waals surface area contributed by atoms with Crippen molar-refractivity contribution in [3.63, 3.8) is 0 Å². The van der Waals surface area contributed by atoms with Crippen LogP contribution in [0.4, 0.5) is 15.8 Å². The fourth-order valence-corrected chi connectivity index (χ4v) is 4.04. The third-order valence-electron chi connectivity index (χ3n) is 5.95. The summed E-state index contributed by atoms with van der Waals surface area (Å²) in [5.41, 5.74) is 1.49. The van der Waals surface area contributed by atoms with Gasteiger partial charge in [-0.2, -0.15) is 0 Å². The summed E-state index contributed by atoms with van der Waals surface area (Å²) in [4.78, 5) is 17.4. The molecule has 1 saturated heterocycles. The van der Waals surface area contributed by atoms with Crippen molar-refractivity contribution in [3.8, 4) is 5.75 Å². The zero-order chi connectivity index (χ0) is 24.1. The Balaban J connectivity index is 1.29. The Bertz CT molecular complexity index is 1110. The molecule has 7 heteroatoms. The van der Waals surface area contributed by atoms with E-state index < -0.39 is 5.60 Å². The lowest BCUT2D eigenvalue weighted by Crippen LogP contribution is -2.46. The van der Waals surface area contributed by atoms with Crippen LogP contribution in [0.2, 0.25) is 5.02 Å². The van der Waals surface area contributed by atoms with Gasteiger partial charge in [-0.15, -0.1) is 0 Å². The van der Waals surface area contributed by atoms with Crippen molar-refractivity contribution in [1.82, 2.24) is 4.90 Å². The largest absolute Gasteiger partial charge is 0.478 e. The molecule has 0 spiro atoms. The van der Waals surface area contributed by atoms with Crippen LogP contribution in [0.3, 0.4) is 0 Å². The van der Waals surface area contributed by atoms with E-state index in [1.54, 1.807) is 44.2 Å². The van der Waals surface area contributed by atoms with E-state index in [2.05, 4.69) is 15.1 Å². The van der Waals surface area contributed by atoms with E-state index in [0.717, 1.165) is 37.4 Å². The molecule has 34 heavy (non-hydrogen) atoms. The Hall–Kier alpha value is -3.09. The lowest BCUT2D eigenvalue weighted by Gasteiger charge is -2.36. The molecule has 3 aromatic carbocycles. The predicted molar refractivity (Wildman–Crippen MR) is 135 cm³/mol. The number of anilines is 2. The van der Waals surface area contributed by atoms with Gasteiger partial charge in [0.05, 0.1) is 0 Å². The molecule has 0 aromatic heterocycles. The van der Waals surface area contributed by atoms with E-state index in [-0.39, 0.29) is 11.7 Å². The van der Waals surface area contributed by atoms with Crippen LogP contribution in [0.5, 0.6) is 5.75 Å². The summed E-state index contributed by atoms with van der Waals surface area (Å²) in [6, 6.07) is 21.7. The number of nitrogens with one attached hydrogen (secondary N) is 1. The summed E-state index contributed by atoms with van der Waals surface area (Å²) in [6.45, 7) is 7.54. The Morgan fingerprint density at radius 3 is 2.26 bits per heavy atom. The van der Waals surface area contributed by atoms with Gasteiger partial charge in [0, 0.05) is 54.7 Å². The van der Waals surface area contributed by atoms with Crippen LogP contribution in [0.25, 0.3) is 0 Å². The van der Waals surface area contributed by atoms with Crippen molar-refractivity contribution in [2.24, 2.45) is 0 Å². The van der Waals surface area contributed by atoms with Gasteiger partial charge in [0.25, 0.3) is 5.91 Å². The molecule has 5 nitrogen and oxygen atoms in total. The number of carbonyl (C=O) groups is 1. The van der Waals surface area contributed by atoms with Crippen LogP contribution in [-0.4, -0.2) is 42.6 Å². The van der Waals surface area contributed by atoms with Gasteiger partial charge in [0.15, 0.2) is 5.60 Å². The maximum Gasteiger partial charge on any atom is 0.267 e. The maximum absolute atomic E-state index is 13.9. The van der Waals surface area contributed by atoms with E-state index in [9.17, 15) is 9.18 Å². The molecule has 1 aliphatic rings. The highest BCUT2D eigenvalue weighted by atomic mass is 35.5. The number of amides is 1. The van der Waals surface area contributed by atoms with E-state index in [1.807, 2.05) is 36.4 Å². The van der Waals surface area contributed by atoms with Gasteiger partial charge < -0.3 is 15.0 Å². The first kappa shape index (κ1) is 24.0. The lowest BCUT2D eigenvalue weighted by molar-refractivity contribution is -0.128. The van der Waals surface area contributed by atoms with E-state index >= 15 is 0 Å². The van der Waals surface area contributed by atoms with Crippen LogP contribution in [-0.2, 0) is 11.3 Å². The minimum absolute atomic E-state index is 0.149. The number of hydrogen-bond acceptors (Lipinski definition) is 4. The average molecular weight is 482 g/mol. The molecule has 0 aliphatic carbocycles. The van der Waals surface area contributed by atoms with Crippen LogP contribution < -0.4 is 15.0 Å². The fourth-order valence-electron chi connectivity index (χ4n) is 3.91. The number of halogens is 2. The zero-order valence-electron chi connectivity index (χ0n) is 19.4. The van der Waals surface area contributed by atoms with Gasteiger partial charge >= 0.3 is 0 Å². The first-order chi connectivity index (χ1) is 16.3. The van der Waals surface area contributed by atoms with Crippen molar-refractivity contribution < 1.29 is 13.9 Å². The molecular weight excluding hydrogens is 453 g/mol. The summed E-state index contributed by atoms with van der Waals surface area (Å²) in [7, 11) is 0. The third kappa shape index (κ3) is 6.07. The molecule has 0 saturated carbocycles. The molecule has 1 heterocycles. The fraction of sp³-hybridized carbons (Fsp3) is 0.296. The number of piperazine rings is 1. The number of carbonyl (C=O) groups excluding carboxylic acids is 1. The first-order valence-corrected chi connectivity index (χ1v) is 11.7. The predicted octanol–water partition coefficient (Wildman–Crippen LogP) is 5.60. The minimum atomic E-state index is -1.05. The second-order valence-electron chi connectivity index (χ2n) is 8.92. The van der Waals surface area contributed by atoms with Gasteiger partial charge in [0.2, 0.25) is 0 Å². The molecule has 1 aliphatic heterocycles. The van der Waals surface area contributed by atoms with Gasteiger partial charge in [-0.1, -0.05) is 29.8 Å². The van der Waals surface area contributed by atoms with Crippen LogP contribution >= 0.6 is 11.6 Å². The van der Waals surface area contributed by atoms with Crippen molar-refractivity contribution in [3.05, 3.63) is 89.2 Å². The SMILES string of the molecule is CC(C)(Oc1ccc(Cl)cc1)C(=O)Nc1ccc(N2CCN(Cc3ccccc3F)CC2)cc1. The summed E-state index contributed by atoms with van der Waals surface area (Å²) < 4.78 is 19.8. The van der Waals surface area contributed by atoms with Crippen LogP contribution in [0.15, 0.2) is 72.8 Å². The van der Waals surface area contributed by atoms with Gasteiger partial charge in [-0.05, 0) is 68.4 Å². The highest BCUT2D eigenvalue weighted by Crippen LogP contribution is 2.24. The van der Waals surface area contributed by atoms with Crippen molar-refractivity contribution in [1.29, 1.82) is 0 Å². The Labute approximate surface area is 205 Å². The lowest BCUT2D eigenvalue weighted by atomic mass is 10.1. The Morgan fingerprint density at radius 1 is 0.971 bits per heavy atom. The molecule has 1 fully saturated rings. The quantitative estimate of drug-likeness (QED) is 0.477. The highest BCUT2D eigenvalue weighted by molar-refractivity contribution is 6.30. The standard InChI is InChI=1S/C27H29ClFN3O2/c1-27(2,34-24-13-7-21(28)8-14-24)26(33)30-22-9-11-23(12-10-22)32-17-15-31(16-18-32)19-20-5-3-4-6-25(20)29/h3-14H,15-19H2,1-2H3,(H,30,33). The van der Waals surface area contributed by atoms with Crippen molar-refractivity contribution >= 4 is 28.9 Å². The smallest absolute Gasteiger partial charge is 0.267 e. The molecule has 1 N–H and O–H groups in total. The van der Waals surface area contributed by atoms with Gasteiger partial charge in [-0.25, -0.2) is 4.39 Å². The Morgan fingerprint density at radius 2 is 1.62 bits per heavy atom. The third-order valence-corrected chi connectivity index (χ3v) is 6.20. The van der Waals surface area contributed by atoms with Crippen LogP contribution in [0.1, 0.15) is 19.4 Å². The number of benzene rings is 3. The summed E-state index contributed by atoms with van der Waals surface area (Å²) in [5, 5.41) is 3.54. The summed E-state index contributed by atoms with van der Waals surface area (Å²) in [5.74, 6) is 0.190. The highest BCUT2D eigenvalue weighted by Gasteiger charge is 2.30. The van der Waals surface area contributed by atoms with Crippen LogP contribution in [0, 0.1) is 5.82 Å². The number of nitrogens with zero attached hydrogens (tertiary/aromatic N) is 2. The van der Waals surface area contributed by atoms with E-state index in [4.69, 9.17) is 16.3 Å². The molecule has 3 aromatic rings.